The van der Waals surface area contributed by atoms with E-state index in [9.17, 15) is 9.59 Å². The lowest BCUT2D eigenvalue weighted by Gasteiger charge is -2.06. The van der Waals surface area contributed by atoms with Crippen LogP contribution in [0.1, 0.15) is 32.3 Å². The van der Waals surface area contributed by atoms with E-state index in [2.05, 4.69) is 0 Å². The molecule has 0 saturated carbocycles. The Morgan fingerprint density at radius 1 is 1.11 bits per heavy atom. The van der Waals surface area contributed by atoms with Crippen LogP contribution in [0.3, 0.4) is 0 Å². The number of Topliss-reactive ketones (excluding diaryl/α,β-unsaturated/α-hetero) is 1. The van der Waals surface area contributed by atoms with Gasteiger partial charge in [0.15, 0.2) is 0 Å². The summed E-state index contributed by atoms with van der Waals surface area (Å²) in [5, 5.41) is 0. The Bertz CT molecular complexity index is 409. The van der Waals surface area contributed by atoms with E-state index >= 15 is 0 Å². The van der Waals surface area contributed by atoms with Crippen molar-refractivity contribution >= 4 is 11.8 Å². The molecule has 0 aliphatic rings. The summed E-state index contributed by atoms with van der Waals surface area (Å²) in [6.07, 6.45) is 1.04. The van der Waals surface area contributed by atoms with Crippen LogP contribution < -0.4 is 4.74 Å². The van der Waals surface area contributed by atoms with Crippen LogP contribution in [0.5, 0.6) is 5.75 Å². The van der Waals surface area contributed by atoms with Crippen molar-refractivity contribution in [3.05, 3.63) is 29.8 Å². The maximum Gasteiger partial charge on any atom is 0.313 e. The third-order valence-electron chi connectivity index (χ3n) is 2.44. The number of esters is 1. The summed E-state index contributed by atoms with van der Waals surface area (Å²) in [5.74, 6) is 0.194. The molecule has 0 atom stereocenters. The Morgan fingerprint density at radius 2 is 1.79 bits per heavy atom. The normalized spacial score (nSPS) is 10.0. The summed E-state index contributed by atoms with van der Waals surface area (Å²) in [6.45, 7) is 4.75. The van der Waals surface area contributed by atoms with Crippen LogP contribution in [0.2, 0.25) is 0 Å². The molecule has 0 N–H and O–H groups in total. The van der Waals surface area contributed by atoms with Crippen molar-refractivity contribution in [2.75, 3.05) is 13.2 Å². The quantitative estimate of drug-likeness (QED) is 0.535. The van der Waals surface area contributed by atoms with Gasteiger partial charge in [0.25, 0.3) is 0 Å². The van der Waals surface area contributed by atoms with Gasteiger partial charge in [-0.25, -0.2) is 0 Å². The van der Waals surface area contributed by atoms with Gasteiger partial charge < -0.3 is 9.47 Å². The monoisotopic (exact) mass is 264 g/mol. The van der Waals surface area contributed by atoms with Crippen LogP contribution in [-0.2, 0) is 20.7 Å². The molecule has 1 aromatic rings. The molecule has 0 fully saturated rings. The van der Waals surface area contributed by atoms with Crippen molar-refractivity contribution in [2.45, 2.75) is 33.1 Å². The Morgan fingerprint density at radius 3 is 2.37 bits per heavy atom. The molecule has 1 aromatic carbocycles. The molecule has 1 rings (SSSR count). The summed E-state index contributed by atoms with van der Waals surface area (Å²) < 4.78 is 10.2. The highest BCUT2D eigenvalue weighted by molar-refractivity contribution is 5.96. The standard InChI is InChI=1S/C15H20O4/c1-3-9-19-14-7-5-12(6-8-14)10-13(16)11-15(17)18-4-2/h5-8H,3-4,9-11H2,1-2H3. The van der Waals surface area contributed by atoms with Gasteiger partial charge >= 0.3 is 5.97 Å². The molecule has 0 aliphatic heterocycles. The van der Waals surface area contributed by atoms with E-state index in [-0.39, 0.29) is 18.6 Å². The van der Waals surface area contributed by atoms with Crippen molar-refractivity contribution in [2.24, 2.45) is 0 Å². The summed E-state index contributed by atoms with van der Waals surface area (Å²) in [5.41, 5.74) is 0.873. The molecule has 0 amide bonds. The average Bonchev–Trinajstić information content (AvgIpc) is 2.38. The highest BCUT2D eigenvalue weighted by Crippen LogP contribution is 2.13. The largest absolute Gasteiger partial charge is 0.494 e. The number of ketones is 1. The topological polar surface area (TPSA) is 52.6 Å². The van der Waals surface area contributed by atoms with Crippen molar-refractivity contribution in [3.8, 4) is 5.75 Å². The van der Waals surface area contributed by atoms with Crippen LogP contribution in [-0.4, -0.2) is 25.0 Å². The Labute approximate surface area is 113 Å². The molecule has 0 bridgehead atoms. The second-order valence-corrected chi connectivity index (χ2v) is 4.19. The maximum atomic E-state index is 11.6. The predicted octanol–water partition coefficient (Wildman–Crippen LogP) is 2.54. The fourth-order valence-corrected chi connectivity index (χ4v) is 1.59. The van der Waals surface area contributed by atoms with Crippen LogP contribution in [0.4, 0.5) is 0 Å². The van der Waals surface area contributed by atoms with Gasteiger partial charge in [-0.3, -0.25) is 9.59 Å². The number of hydrogen-bond donors (Lipinski definition) is 0. The highest BCUT2D eigenvalue weighted by atomic mass is 16.5. The van der Waals surface area contributed by atoms with Gasteiger partial charge in [0, 0.05) is 6.42 Å². The summed E-state index contributed by atoms with van der Waals surface area (Å²) >= 11 is 0. The summed E-state index contributed by atoms with van der Waals surface area (Å²) in [4.78, 5) is 22.8. The van der Waals surface area contributed by atoms with Gasteiger partial charge in [-0.05, 0) is 31.0 Å². The zero-order chi connectivity index (χ0) is 14.1. The molecule has 4 heteroatoms. The van der Waals surface area contributed by atoms with Gasteiger partial charge in [-0.1, -0.05) is 19.1 Å². The third kappa shape index (κ3) is 6.04. The van der Waals surface area contributed by atoms with E-state index in [1.165, 1.54) is 0 Å². The Balaban J connectivity index is 2.44. The van der Waals surface area contributed by atoms with Crippen LogP contribution >= 0.6 is 0 Å². The van der Waals surface area contributed by atoms with Crippen molar-refractivity contribution < 1.29 is 19.1 Å². The Hall–Kier alpha value is -1.84. The molecule has 19 heavy (non-hydrogen) atoms. The SMILES string of the molecule is CCCOc1ccc(CC(=O)CC(=O)OCC)cc1. The fourth-order valence-electron chi connectivity index (χ4n) is 1.59. The van der Waals surface area contributed by atoms with Gasteiger partial charge in [0.05, 0.1) is 13.2 Å². The lowest BCUT2D eigenvalue weighted by Crippen LogP contribution is -2.12. The third-order valence-corrected chi connectivity index (χ3v) is 2.44. The molecule has 104 valence electrons. The maximum absolute atomic E-state index is 11.6. The van der Waals surface area contributed by atoms with Gasteiger partial charge in [-0.15, -0.1) is 0 Å². The van der Waals surface area contributed by atoms with E-state index in [1.54, 1.807) is 6.92 Å². The number of carbonyl (C=O) groups excluding carboxylic acids is 2. The molecular formula is C15H20O4. The minimum absolute atomic E-state index is 0.138. The van der Waals surface area contributed by atoms with Gasteiger partial charge in [0.2, 0.25) is 0 Å². The molecule has 0 aromatic heterocycles. The molecule has 0 unspecified atom stereocenters. The Kier molecular flexibility index (Phi) is 6.64. The first-order valence-electron chi connectivity index (χ1n) is 6.54. The number of benzene rings is 1. The van der Waals surface area contributed by atoms with Crippen LogP contribution in [0.15, 0.2) is 24.3 Å². The molecular weight excluding hydrogens is 244 g/mol. The number of carbonyl (C=O) groups is 2. The molecule has 0 radical (unpaired) electrons. The van der Waals surface area contributed by atoms with Gasteiger partial charge in [-0.2, -0.15) is 0 Å². The minimum atomic E-state index is -0.463. The van der Waals surface area contributed by atoms with E-state index in [0.717, 1.165) is 17.7 Å². The fraction of sp³-hybridized carbons (Fsp3) is 0.467. The van der Waals surface area contributed by atoms with E-state index < -0.39 is 5.97 Å². The van der Waals surface area contributed by atoms with Crippen LogP contribution in [0, 0.1) is 0 Å². The van der Waals surface area contributed by atoms with Crippen molar-refractivity contribution in [1.29, 1.82) is 0 Å². The second-order valence-electron chi connectivity index (χ2n) is 4.19. The van der Waals surface area contributed by atoms with Crippen molar-refractivity contribution in [1.82, 2.24) is 0 Å². The van der Waals surface area contributed by atoms with Crippen LogP contribution in [0.25, 0.3) is 0 Å². The summed E-state index contributed by atoms with van der Waals surface area (Å²) in [6, 6.07) is 7.35. The molecule has 0 spiro atoms. The number of hydrogen-bond acceptors (Lipinski definition) is 4. The average molecular weight is 264 g/mol. The van der Waals surface area contributed by atoms with Crippen molar-refractivity contribution in [3.63, 3.8) is 0 Å². The van der Waals surface area contributed by atoms with E-state index in [0.29, 0.717) is 13.2 Å². The molecule has 4 nitrogen and oxygen atoms in total. The lowest BCUT2D eigenvalue weighted by atomic mass is 10.1. The summed E-state index contributed by atoms with van der Waals surface area (Å²) in [7, 11) is 0. The predicted molar refractivity (Wildman–Crippen MR) is 72.2 cm³/mol. The molecule has 0 heterocycles. The highest BCUT2D eigenvalue weighted by Gasteiger charge is 2.10. The molecule has 0 aliphatic carbocycles. The first-order chi connectivity index (χ1) is 9.15. The zero-order valence-electron chi connectivity index (χ0n) is 11.5. The number of rotatable bonds is 8. The van der Waals surface area contributed by atoms with Gasteiger partial charge in [0.1, 0.15) is 18.0 Å². The first kappa shape index (κ1) is 15.2. The lowest BCUT2D eigenvalue weighted by molar-refractivity contribution is -0.145. The molecule has 0 saturated heterocycles. The minimum Gasteiger partial charge on any atom is -0.494 e. The number of ether oxygens (including phenoxy) is 2. The van der Waals surface area contributed by atoms with E-state index in [4.69, 9.17) is 9.47 Å². The zero-order valence-corrected chi connectivity index (χ0v) is 11.5. The van der Waals surface area contributed by atoms with E-state index in [1.807, 2.05) is 31.2 Å². The first-order valence-corrected chi connectivity index (χ1v) is 6.54. The smallest absolute Gasteiger partial charge is 0.313 e. The second kappa shape index (κ2) is 8.29.